The summed E-state index contributed by atoms with van der Waals surface area (Å²) >= 11 is 9.29. The zero-order valence-electron chi connectivity index (χ0n) is 10.3. The van der Waals surface area contributed by atoms with Crippen molar-refractivity contribution in [2.75, 3.05) is 12.4 Å². The summed E-state index contributed by atoms with van der Waals surface area (Å²) in [5.41, 5.74) is 1.87. The van der Waals surface area contributed by atoms with Crippen LogP contribution in [-0.4, -0.2) is 12.2 Å². The molecule has 0 heterocycles. The number of hydrogen-bond donors (Lipinski definition) is 2. The van der Waals surface area contributed by atoms with E-state index in [2.05, 4.69) is 21.2 Å². The van der Waals surface area contributed by atoms with E-state index in [1.807, 2.05) is 18.2 Å². The summed E-state index contributed by atoms with van der Waals surface area (Å²) in [6.45, 7) is 0.601. The van der Waals surface area contributed by atoms with Crippen LogP contribution in [0.3, 0.4) is 0 Å². The maximum absolute atomic E-state index is 9.36. The Labute approximate surface area is 125 Å². The number of phenolic OH excluding ortho intramolecular Hbond substituents is 1. The summed E-state index contributed by atoms with van der Waals surface area (Å²) in [6, 6.07) is 10.8. The van der Waals surface area contributed by atoms with Crippen LogP contribution in [0.2, 0.25) is 5.02 Å². The van der Waals surface area contributed by atoms with Gasteiger partial charge in [-0.2, -0.15) is 0 Å². The first kappa shape index (κ1) is 14.0. The highest BCUT2D eigenvalue weighted by Gasteiger charge is 2.05. The van der Waals surface area contributed by atoms with E-state index in [1.54, 1.807) is 25.3 Å². The van der Waals surface area contributed by atoms with E-state index in [0.29, 0.717) is 11.6 Å². The minimum Gasteiger partial charge on any atom is -0.506 e. The number of methoxy groups -OCH3 is 1. The molecule has 19 heavy (non-hydrogen) atoms. The molecule has 2 rings (SSSR count). The first-order valence-corrected chi connectivity index (χ1v) is 6.82. The lowest BCUT2D eigenvalue weighted by atomic mass is 10.2. The van der Waals surface area contributed by atoms with Gasteiger partial charge in [0.15, 0.2) is 0 Å². The Kier molecular flexibility index (Phi) is 4.56. The number of nitrogens with one attached hydrogen (secondary N) is 1. The van der Waals surface area contributed by atoms with Gasteiger partial charge in [0.25, 0.3) is 0 Å². The van der Waals surface area contributed by atoms with Crippen molar-refractivity contribution in [2.24, 2.45) is 0 Å². The van der Waals surface area contributed by atoms with Crippen LogP contribution in [0.5, 0.6) is 11.5 Å². The third kappa shape index (κ3) is 3.55. The average molecular weight is 343 g/mol. The standard InChI is InChI=1S/C14H13BrClNO2/c1-19-14-5-2-10(15)6-9(14)8-17-11-3-4-13(18)12(16)7-11/h2-7,17-18H,8H2,1H3. The van der Waals surface area contributed by atoms with Crippen LogP contribution in [0, 0.1) is 0 Å². The Hall–Kier alpha value is -1.39. The predicted octanol–water partition coefficient (Wildman–Crippen LogP) is 4.43. The average Bonchev–Trinajstić information content (AvgIpc) is 2.40. The number of rotatable bonds is 4. The second-order valence-electron chi connectivity index (χ2n) is 3.98. The van der Waals surface area contributed by atoms with E-state index in [1.165, 1.54) is 0 Å². The lowest BCUT2D eigenvalue weighted by Crippen LogP contribution is -2.01. The highest BCUT2D eigenvalue weighted by atomic mass is 79.9. The van der Waals surface area contributed by atoms with Crippen molar-refractivity contribution >= 4 is 33.2 Å². The van der Waals surface area contributed by atoms with Gasteiger partial charge in [0, 0.05) is 22.3 Å². The van der Waals surface area contributed by atoms with E-state index in [9.17, 15) is 5.11 Å². The van der Waals surface area contributed by atoms with Crippen molar-refractivity contribution < 1.29 is 9.84 Å². The van der Waals surface area contributed by atoms with Crippen molar-refractivity contribution in [1.82, 2.24) is 0 Å². The summed E-state index contributed by atoms with van der Waals surface area (Å²) in [5, 5.41) is 12.9. The largest absolute Gasteiger partial charge is 0.506 e. The van der Waals surface area contributed by atoms with E-state index in [0.717, 1.165) is 21.5 Å². The third-order valence-electron chi connectivity index (χ3n) is 2.67. The van der Waals surface area contributed by atoms with Crippen molar-refractivity contribution in [3.63, 3.8) is 0 Å². The fraction of sp³-hybridized carbons (Fsp3) is 0.143. The molecule has 3 nitrogen and oxygen atoms in total. The first-order valence-electron chi connectivity index (χ1n) is 5.65. The Bertz CT molecular complexity index is 590. The monoisotopic (exact) mass is 341 g/mol. The predicted molar refractivity (Wildman–Crippen MR) is 81.1 cm³/mol. The van der Waals surface area contributed by atoms with E-state index in [-0.39, 0.29) is 5.75 Å². The van der Waals surface area contributed by atoms with Gasteiger partial charge in [-0.05, 0) is 36.4 Å². The molecule has 0 radical (unpaired) electrons. The van der Waals surface area contributed by atoms with Gasteiger partial charge in [-0.3, -0.25) is 0 Å². The maximum atomic E-state index is 9.36. The highest BCUT2D eigenvalue weighted by molar-refractivity contribution is 9.10. The SMILES string of the molecule is COc1ccc(Br)cc1CNc1ccc(O)c(Cl)c1. The molecule has 0 aromatic heterocycles. The molecule has 5 heteroatoms. The van der Waals surface area contributed by atoms with Crippen LogP contribution < -0.4 is 10.1 Å². The van der Waals surface area contributed by atoms with E-state index >= 15 is 0 Å². The number of benzene rings is 2. The summed E-state index contributed by atoms with van der Waals surface area (Å²) in [7, 11) is 1.64. The smallest absolute Gasteiger partial charge is 0.134 e. The highest BCUT2D eigenvalue weighted by Crippen LogP contribution is 2.28. The van der Waals surface area contributed by atoms with Crippen LogP contribution in [0.15, 0.2) is 40.9 Å². The zero-order chi connectivity index (χ0) is 13.8. The minimum atomic E-state index is 0.0762. The molecule has 2 N–H and O–H groups in total. The van der Waals surface area contributed by atoms with E-state index in [4.69, 9.17) is 16.3 Å². The van der Waals surface area contributed by atoms with Gasteiger partial charge in [0.05, 0.1) is 12.1 Å². The maximum Gasteiger partial charge on any atom is 0.134 e. The summed E-state index contributed by atoms with van der Waals surface area (Å²) in [6.07, 6.45) is 0. The molecular formula is C14H13BrClNO2. The van der Waals surface area contributed by atoms with Crippen LogP contribution in [0.4, 0.5) is 5.69 Å². The van der Waals surface area contributed by atoms with Crippen molar-refractivity contribution in [2.45, 2.75) is 6.54 Å². The Morgan fingerprint density at radius 2 is 2.05 bits per heavy atom. The number of hydrogen-bond acceptors (Lipinski definition) is 3. The Balaban J connectivity index is 2.13. The molecule has 0 aliphatic rings. The van der Waals surface area contributed by atoms with Gasteiger partial charge in [-0.15, -0.1) is 0 Å². The summed E-state index contributed by atoms with van der Waals surface area (Å²) in [4.78, 5) is 0. The van der Waals surface area contributed by atoms with Crippen LogP contribution >= 0.6 is 27.5 Å². The summed E-state index contributed by atoms with van der Waals surface area (Å²) < 4.78 is 6.30. The summed E-state index contributed by atoms with van der Waals surface area (Å²) in [5.74, 6) is 0.896. The lowest BCUT2D eigenvalue weighted by Gasteiger charge is -2.11. The minimum absolute atomic E-state index is 0.0762. The molecule has 2 aromatic rings. The zero-order valence-corrected chi connectivity index (χ0v) is 12.6. The van der Waals surface area contributed by atoms with Gasteiger partial charge in [-0.25, -0.2) is 0 Å². The Morgan fingerprint density at radius 3 is 2.74 bits per heavy atom. The molecule has 0 fully saturated rings. The molecule has 0 saturated heterocycles. The van der Waals surface area contributed by atoms with Gasteiger partial charge in [0.2, 0.25) is 0 Å². The Morgan fingerprint density at radius 1 is 1.26 bits per heavy atom. The van der Waals surface area contributed by atoms with Gasteiger partial charge in [-0.1, -0.05) is 27.5 Å². The fourth-order valence-corrected chi connectivity index (χ4v) is 2.29. The van der Waals surface area contributed by atoms with Gasteiger partial charge in [0.1, 0.15) is 11.5 Å². The number of halogens is 2. The van der Waals surface area contributed by atoms with E-state index < -0.39 is 0 Å². The van der Waals surface area contributed by atoms with Crippen molar-refractivity contribution in [1.29, 1.82) is 0 Å². The number of ether oxygens (including phenoxy) is 1. The molecule has 0 atom stereocenters. The van der Waals surface area contributed by atoms with Gasteiger partial charge >= 0.3 is 0 Å². The quantitative estimate of drug-likeness (QED) is 0.808. The van der Waals surface area contributed by atoms with Crippen LogP contribution in [0.25, 0.3) is 0 Å². The van der Waals surface area contributed by atoms with Crippen molar-refractivity contribution in [3.8, 4) is 11.5 Å². The molecule has 2 aromatic carbocycles. The normalized spacial score (nSPS) is 10.3. The number of anilines is 1. The topological polar surface area (TPSA) is 41.5 Å². The first-order chi connectivity index (χ1) is 9.10. The third-order valence-corrected chi connectivity index (χ3v) is 3.47. The molecule has 0 aliphatic carbocycles. The molecule has 0 saturated carbocycles. The lowest BCUT2D eigenvalue weighted by molar-refractivity contribution is 0.410. The molecular weight excluding hydrogens is 330 g/mol. The number of aromatic hydroxyl groups is 1. The molecule has 0 unspecified atom stereocenters. The second-order valence-corrected chi connectivity index (χ2v) is 5.30. The molecule has 0 aliphatic heterocycles. The molecule has 100 valence electrons. The van der Waals surface area contributed by atoms with Crippen LogP contribution in [0.1, 0.15) is 5.56 Å². The molecule has 0 spiro atoms. The molecule has 0 bridgehead atoms. The fourth-order valence-electron chi connectivity index (χ4n) is 1.70. The second kappa shape index (κ2) is 6.17. The van der Waals surface area contributed by atoms with Crippen molar-refractivity contribution in [3.05, 3.63) is 51.5 Å². The molecule has 0 amide bonds. The number of phenols is 1. The van der Waals surface area contributed by atoms with Gasteiger partial charge < -0.3 is 15.2 Å². The van der Waals surface area contributed by atoms with Crippen LogP contribution in [-0.2, 0) is 6.54 Å².